The van der Waals surface area contributed by atoms with Crippen molar-refractivity contribution < 1.29 is 19.1 Å². The number of aliphatic carboxylic acids is 1. The molecule has 21 heavy (non-hydrogen) atoms. The molecule has 0 heterocycles. The summed E-state index contributed by atoms with van der Waals surface area (Å²) in [6.45, 7) is 0. The second kappa shape index (κ2) is 7.20. The van der Waals surface area contributed by atoms with E-state index < -0.39 is 11.9 Å². The molecule has 0 aromatic heterocycles. The van der Waals surface area contributed by atoms with Crippen LogP contribution in [-0.4, -0.2) is 23.0 Å². The minimum atomic E-state index is -0.854. The number of rotatable bonds is 4. The molecular weight excluding hydrogens is 273 g/mol. The van der Waals surface area contributed by atoms with Crippen LogP contribution in [0.2, 0.25) is 0 Å². The zero-order valence-electron chi connectivity index (χ0n) is 11.8. The summed E-state index contributed by atoms with van der Waals surface area (Å²) in [6.07, 6.45) is 4.16. The van der Waals surface area contributed by atoms with Gasteiger partial charge in [0.2, 0.25) is 5.91 Å². The maximum Gasteiger partial charge on any atom is 0.308 e. The third-order valence-corrected chi connectivity index (χ3v) is 3.93. The number of carbonyl (C=O) groups excluding carboxylic acids is 1. The zero-order valence-corrected chi connectivity index (χ0v) is 11.8. The Balaban J connectivity index is 1.97. The lowest BCUT2D eigenvalue weighted by atomic mass is 9.94. The quantitative estimate of drug-likeness (QED) is 0.838. The molecule has 1 amide bonds. The second-order valence-electron chi connectivity index (χ2n) is 5.56. The lowest BCUT2D eigenvalue weighted by Crippen LogP contribution is -2.43. The topological polar surface area (TPSA) is 66.4 Å². The van der Waals surface area contributed by atoms with Crippen molar-refractivity contribution in [2.45, 2.75) is 44.6 Å². The van der Waals surface area contributed by atoms with E-state index in [4.69, 9.17) is 0 Å². The van der Waals surface area contributed by atoms with Crippen molar-refractivity contribution in [1.29, 1.82) is 0 Å². The Morgan fingerprint density at radius 1 is 1.24 bits per heavy atom. The van der Waals surface area contributed by atoms with Crippen LogP contribution < -0.4 is 5.32 Å². The molecule has 1 aromatic rings. The van der Waals surface area contributed by atoms with E-state index in [0.29, 0.717) is 18.4 Å². The van der Waals surface area contributed by atoms with Crippen LogP contribution in [0.4, 0.5) is 4.39 Å². The van der Waals surface area contributed by atoms with Crippen LogP contribution >= 0.6 is 0 Å². The van der Waals surface area contributed by atoms with Gasteiger partial charge in [0.25, 0.3) is 0 Å². The molecule has 0 bridgehead atoms. The molecule has 1 aliphatic carbocycles. The minimum absolute atomic E-state index is 0.0700. The van der Waals surface area contributed by atoms with Gasteiger partial charge in [0.05, 0.1) is 12.3 Å². The Bertz CT molecular complexity index is 518. The number of amides is 1. The molecule has 114 valence electrons. The molecule has 4 nitrogen and oxygen atoms in total. The van der Waals surface area contributed by atoms with Crippen LogP contribution in [0, 0.1) is 11.7 Å². The molecule has 2 N–H and O–H groups in total. The smallest absolute Gasteiger partial charge is 0.308 e. The lowest BCUT2D eigenvalue weighted by Gasteiger charge is -2.22. The van der Waals surface area contributed by atoms with Gasteiger partial charge in [0, 0.05) is 6.04 Å². The van der Waals surface area contributed by atoms with E-state index in [2.05, 4.69) is 5.32 Å². The second-order valence-corrected chi connectivity index (χ2v) is 5.56. The summed E-state index contributed by atoms with van der Waals surface area (Å²) >= 11 is 0. The van der Waals surface area contributed by atoms with E-state index in [0.717, 1.165) is 19.3 Å². The highest BCUT2D eigenvalue weighted by atomic mass is 19.1. The minimum Gasteiger partial charge on any atom is -0.481 e. The monoisotopic (exact) mass is 293 g/mol. The van der Waals surface area contributed by atoms with E-state index in [1.165, 1.54) is 12.1 Å². The fourth-order valence-corrected chi connectivity index (χ4v) is 2.87. The molecule has 0 radical (unpaired) electrons. The average Bonchev–Trinajstić information content (AvgIpc) is 2.64. The molecule has 0 spiro atoms. The molecule has 2 atom stereocenters. The summed E-state index contributed by atoms with van der Waals surface area (Å²) in [6, 6.07) is 5.56. The number of benzene rings is 1. The maximum atomic E-state index is 13.1. The number of hydrogen-bond acceptors (Lipinski definition) is 2. The maximum absolute atomic E-state index is 13.1. The van der Waals surface area contributed by atoms with Crippen molar-refractivity contribution in [3.63, 3.8) is 0 Å². The molecule has 0 aliphatic heterocycles. The number of hydrogen-bond donors (Lipinski definition) is 2. The number of carboxylic acid groups (broad SMARTS) is 1. The molecule has 1 saturated carbocycles. The van der Waals surface area contributed by atoms with Crippen molar-refractivity contribution in [2.75, 3.05) is 0 Å². The predicted octanol–water partition coefficient (Wildman–Crippen LogP) is 2.52. The van der Waals surface area contributed by atoms with E-state index in [1.807, 2.05) is 0 Å². The summed E-state index contributed by atoms with van der Waals surface area (Å²) in [5.41, 5.74) is 0.591. The van der Waals surface area contributed by atoms with Crippen LogP contribution in [0.3, 0.4) is 0 Å². The highest BCUT2D eigenvalue weighted by Crippen LogP contribution is 2.24. The van der Waals surface area contributed by atoms with Gasteiger partial charge in [-0.3, -0.25) is 9.59 Å². The fourth-order valence-electron chi connectivity index (χ4n) is 2.87. The van der Waals surface area contributed by atoms with Gasteiger partial charge < -0.3 is 10.4 Å². The van der Waals surface area contributed by atoms with Gasteiger partial charge in [-0.05, 0) is 30.5 Å². The average molecular weight is 293 g/mol. The third-order valence-electron chi connectivity index (χ3n) is 3.93. The number of halogens is 1. The molecule has 0 saturated heterocycles. The number of carboxylic acids is 1. The van der Waals surface area contributed by atoms with Gasteiger partial charge in [-0.25, -0.2) is 4.39 Å². The van der Waals surface area contributed by atoms with Gasteiger partial charge in [0.1, 0.15) is 5.82 Å². The molecule has 0 unspecified atom stereocenters. The van der Waals surface area contributed by atoms with Crippen molar-refractivity contribution in [1.82, 2.24) is 5.32 Å². The van der Waals surface area contributed by atoms with Crippen molar-refractivity contribution >= 4 is 11.9 Å². The van der Waals surface area contributed by atoms with E-state index in [9.17, 15) is 19.1 Å². The summed E-state index contributed by atoms with van der Waals surface area (Å²) in [7, 11) is 0. The van der Waals surface area contributed by atoms with Crippen LogP contribution in [-0.2, 0) is 16.0 Å². The van der Waals surface area contributed by atoms with Crippen LogP contribution in [0.1, 0.15) is 37.7 Å². The third kappa shape index (κ3) is 4.55. The van der Waals surface area contributed by atoms with Crippen molar-refractivity contribution in [3.05, 3.63) is 35.6 Å². The Hall–Kier alpha value is -1.91. The predicted molar refractivity (Wildman–Crippen MR) is 76.2 cm³/mol. The highest BCUT2D eigenvalue weighted by Gasteiger charge is 2.30. The molecule has 5 heteroatoms. The van der Waals surface area contributed by atoms with E-state index >= 15 is 0 Å². The lowest BCUT2D eigenvalue weighted by molar-refractivity contribution is -0.143. The van der Waals surface area contributed by atoms with Gasteiger partial charge in [0.15, 0.2) is 0 Å². The summed E-state index contributed by atoms with van der Waals surface area (Å²) in [5, 5.41) is 12.1. The Labute approximate surface area is 123 Å². The number of nitrogens with one attached hydrogen (secondary N) is 1. The first kappa shape index (κ1) is 15.5. The van der Waals surface area contributed by atoms with Gasteiger partial charge in [-0.1, -0.05) is 31.4 Å². The first-order chi connectivity index (χ1) is 10.1. The summed E-state index contributed by atoms with van der Waals surface area (Å²) < 4.78 is 13.1. The Kier molecular flexibility index (Phi) is 5.31. The normalized spacial score (nSPS) is 22.3. The summed E-state index contributed by atoms with van der Waals surface area (Å²) in [5.74, 6) is -2.01. The highest BCUT2D eigenvalue weighted by molar-refractivity contribution is 5.80. The molecular formula is C16H20FNO3. The zero-order chi connectivity index (χ0) is 15.2. The van der Waals surface area contributed by atoms with Crippen LogP contribution in [0.5, 0.6) is 0 Å². The Morgan fingerprint density at radius 2 is 2.00 bits per heavy atom. The van der Waals surface area contributed by atoms with Gasteiger partial charge in [-0.2, -0.15) is 0 Å². The first-order valence-electron chi connectivity index (χ1n) is 7.33. The molecule has 2 rings (SSSR count). The van der Waals surface area contributed by atoms with Crippen LogP contribution in [0.15, 0.2) is 24.3 Å². The SMILES string of the molecule is O=C(Cc1cccc(F)c1)N[C@H]1CCCCC[C@H]1C(=O)O. The van der Waals surface area contributed by atoms with Crippen LogP contribution in [0.25, 0.3) is 0 Å². The molecule has 1 aromatic carbocycles. The van der Waals surface area contributed by atoms with Gasteiger partial charge in [-0.15, -0.1) is 0 Å². The van der Waals surface area contributed by atoms with Crippen molar-refractivity contribution in [3.8, 4) is 0 Å². The Morgan fingerprint density at radius 3 is 2.71 bits per heavy atom. The molecule has 1 aliphatic rings. The first-order valence-corrected chi connectivity index (χ1v) is 7.33. The van der Waals surface area contributed by atoms with E-state index in [1.54, 1.807) is 12.1 Å². The summed E-state index contributed by atoms with van der Waals surface area (Å²) in [4.78, 5) is 23.3. The standard InChI is InChI=1S/C16H20FNO3/c17-12-6-4-5-11(9-12)10-15(19)18-14-8-3-1-2-7-13(14)16(20)21/h4-6,9,13-14H,1-3,7-8,10H2,(H,18,19)(H,20,21)/t13-,14+/m1/s1. The largest absolute Gasteiger partial charge is 0.481 e. The molecule has 1 fully saturated rings. The van der Waals surface area contributed by atoms with E-state index in [-0.39, 0.29) is 24.2 Å². The van der Waals surface area contributed by atoms with Crippen molar-refractivity contribution in [2.24, 2.45) is 5.92 Å². The van der Waals surface area contributed by atoms with Gasteiger partial charge >= 0.3 is 5.97 Å². The fraction of sp³-hybridized carbons (Fsp3) is 0.500. The number of carbonyl (C=O) groups is 2.